The van der Waals surface area contributed by atoms with Gasteiger partial charge in [-0.25, -0.2) is 9.78 Å². The number of H-pyrrole nitrogens is 1. The first-order chi connectivity index (χ1) is 10.2. The predicted molar refractivity (Wildman–Crippen MR) is 82.0 cm³/mol. The van der Waals surface area contributed by atoms with Crippen LogP contribution in [0.25, 0.3) is 11.3 Å². The molecule has 0 fully saturated rings. The maximum atomic E-state index is 11.5. The number of aromatic amines is 1. The molecule has 0 unspecified atom stereocenters. The Morgan fingerprint density at radius 1 is 1.29 bits per heavy atom. The molecule has 3 amide bonds. The standard InChI is InChI=1S/C14H16N4O2S/c1-2-15-13(20)18-12(19)9-21-14-16-8-11(17-14)10-6-4-3-5-7-10/h3-8H,2,9H2,1H3,(H,16,17)(H2,15,18,19,20). The number of nitrogens with zero attached hydrogens (tertiary/aromatic N) is 1. The second-order valence-electron chi connectivity index (χ2n) is 4.16. The topological polar surface area (TPSA) is 86.9 Å². The van der Waals surface area contributed by atoms with Gasteiger partial charge < -0.3 is 10.3 Å². The summed E-state index contributed by atoms with van der Waals surface area (Å²) in [5.41, 5.74) is 1.92. The van der Waals surface area contributed by atoms with E-state index in [1.165, 1.54) is 11.8 Å². The number of nitrogens with one attached hydrogen (secondary N) is 3. The van der Waals surface area contributed by atoms with E-state index in [-0.39, 0.29) is 11.7 Å². The van der Waals surface area contributed by atoms with Gasteiger partial charge in [0.25, 0.3) is 0 Å². The molecule has 0 radical (unpaired) electrons. The predicted octanol–water partition coefficient (Wildman–Crippen LogP) is 2.01. The van der Waals surface area contributed by atoms with Gasteiger partial charge in [0, 0.05) is 6.54 Å². The summed E-state index contributed by atoms with van der Waals surface area (Å²) in [6, 6.07) is 9.31. The van der Waals surface area contributed by atoms with Crippen LogP contribution in [0.2, 0.25) is 0 Å². The highest BCUT2D eigenvalue weighted by atomic mass is 32.2. The summed E-state index contributed by atoms with van der Waals surface area (Å²) in [5.74, 6) is -0.234. The van der Waals surface area contributed by atoms with Crippen LogP contribution in [0.4, 0.5) is 4.79 Å². The number of thioether (sulfide) groups is 1. The number of imide groups is 1. The summed E-state index contributed by atoms with van der Waals surface area (Å²) in [7, 11) is 0. The normalized spacial score (nSPS) is 10.1. The fourth-order valence-electron chi connectivity index (χ4n) is 1.64. The highest BCUT2D eigenvalue weighted by molar-refractivity contribution is 7.99. The van der Waals surface area contributed by atoms with E-state index in [0.29, 0.717) is 11.7 Å². The molecule has 0 aliphatic carbocycles. The molecule has 2 aromatic rings. The summed E-state index contributed by atoms with van der Waals surface area (Å²) in [6.07, 6.45) is 1.72. The number of rotatable bonds is 5. The molecular formula is C14H16N4O2S. The van der Waals surface area contributed by atoms with Crippen molar-refractivity contribution in [2.45, 2.75) is 12.1 Å². The third-order valence-electron chi connectivity index (χ3n) is 2.57. The van der Waals surface area contributed by atoms with Crippen molar-refractivity contribution in [1.29, 1.82) is 0 Å². The van der Waals surface area contributed by atoms with Gasteiger partial charge >= 0.3 is 6.03 Å². The van der Waals surface area contributed by atoms with Crippen molar-refractivity contribution >= 4 is 23.7 Å². The van der Waals surface area contributed by atoms with E-state index in [1.807, 2.05) is 30.3 Å². The zero-order chi connectivity index (χ0) is 15.1. The van der Waals surface area contributed by atoms with Crippen LogP contribution < -0.4 is 10.6 Å². The molecule has 3 N–H and O–H groups in total. The van der Waals surface area contributed by atoms with Crippen LogP contribution in [0.1, 0.15) is 6.92 Å². The van der Waals surface area contributed by atoms with Gasteiger partial charge in [0.1, 0.15) is 0 Å². The molecule has 0 saturated heterocycles. The minimum Gasteiger partial charge on any atom is -0.338 e. The molecule has 0 saturated carbocycles. The Hall–Kier alpha value is -2.28. The van der Waals surface area contributed by atoms with Crippen LogP contribution in [0.15, 0.2) is 41.7 Å². The van der Waals surface area contributed by atoms with Crippen molar-refractivity contribution in [3.05, 3.63) is 36.5 Å². The molecule has 7 heteroatoms. The number of hydrogen-bond acceptors (Lipinski definition) is 4. The second-order valence-corrected chi connectivity index (χ2v) is 5.13. The second kappa shape index (κ2) is 7.49. The van der Waals surface area contributed by atoms with Crippen molar-refractivity contribution in [3.8, 4) is 11.3 Å². The van der Waals surface area contributed by atoms with Crippen molar-refractivity contribution in [1.82, 2.24) is 20.6 Å². The number of urea groups is 1. The lowest BCUT2D eigenvalue weighted by Crippen LogP contribution is -2.40. The van der Waals surface area contributed by atoms with Gasteiger partial charge in [-0.2, -0.15) is 0 Å². The van der Waals surface area contributed by atoms with Crippen molar-refractivity contribution < 1.29 is 9.59 Å². The van der Waals surface area contributed by atoms with Crippen LogP contribution in [-0.2, 0) is 4.79 Å². The number of carbonyl (C=O) groups is 2. The molecule has 1 aromatic heterocycles. The molecule has 21 heavy (non-hydrogen) atoms. The largest absolute Gasteiger partial charge is 0.338 e. The summed E-state index contributed by atoms with van der Waals surface area (Å²) >= 11 is 1.25. The smallest absolute Gasteiger partial charge is 0.321 e. The Balaban J connectivity index is 1.86. The first kappa shape index (κ1) is 15.1. The molecule has 2 rings (SSSR count). The molecule has 0 spiro atoms. The minimum atomic E-state index is -0.479. The lowest BCUT2D eigenvalue weighted by molar-refractivity contribution is -0.117. The van der Waals surface area contributed by atoms with Crippen LogP contribution in [0.5, 0.6) is 0 Å². The van der Waals surface area contributed by atoms with E-state index in [1.54, 1.807) is 13.1 Å². The van der Waals surface area contributed by atoms with Crippen molar-refractivity contribution in [2.24, 2.45) is 0 Å². The van der Waals surface area contributed by atoms with Gasteiger partial charge in [-0.15, -0.1) is 0 Å². The number of amides is 3. The molecule has 1 heterocycles. The zero-order valence-electron chi connectivity index (χ0n) is 11.6. The number of hydrogen-bond donors (Lipinski definition) is 3. The monoisotopic (exact) mass is 304 g/mol. The first-order valence-electron chi connectivity index (χ1n) is 6.50. The molecule has 0 atom stereocenters. The Morgan fingerprint density at radius 3 is 2.76 bits per heavy atom. The quantitative estimate of drug-likeness (QED) is 0.738. The van der Waals surface area contributed by atoms with Crippen LogP contribution in [0.3, 0.4) is 0 Å². The lowest BCUT2D eigenvalue weighted by atomic mass is 10.2. The van der Waals surface area contributed by atoms with Gasteiger partial charge in [-0.05, 0) is 12.5 Å². The first-order valence-corrected chi connectivity index (χ1v) is 7.48. The minimum absolute atomic E-state index is 0.124. The lowest BCUT2D eigenvalue weighted by Gasteiger charge is -2.03. The average Bonchev–Trinajstić information content (AvgIpc) is 2.95. The fourth-order valence-corrected chi connectivity index (χ4v) is 2.29. The van der Waals surface area contributed by atoms with E-state index in [4.69, 9.17) is 0 Å². The third-order valence-corrected chi connectivity index (χ3v) is 3.45. The number of carbonyl (C=O) groups excluding carboxylic acids is 2. The molecule has 6 nitrogen and oxygen atoms in total. The van der Waals surface area contributed by atoms with E-state index < -0.39 is 6.03 Å². The molecule has 0 bridgehead atoms. The van der Waals surface area contributed by atoms with Crippen molar-refractivity contribution in [2.75, 3.05) is 12.3 Å². The van der Waals surface area contributed by atoms with Gasteiger partial charge in [0.05, 0.1) is 17.6 Å². The van der Waals surface area contributed by atoms with Crippen molar-refractivity contribution in [3.63, 3.8) is 0 Å². The van der Waals surface area contributed by atoms with E-state index in [2.05, 4.69) is 20.6 Å². The molecule has 110 valence electrons. The molecule has 0 aliphatic heterocycles. The maximum Gasteiger partial charge on any atom is 0.321 e. The molecule has 0 aliphatic rings. The SMILES string of the molecule is CCNC(=O)NC(=O)CSc1ncc(-c2ccccc2)[nH]1. The summed E-state index contributed by atoms with van der Waals surface area (Å²) < 4.78 is 0. The van der Waals surface area contributed by atoms with E-state index >= 15 is 0 Å². The third kappa shape index (κ3) is 4.64. The van der Waals surface area contributed by atoms with Gasteiger partial charge in [-0.1, -0.05) is 42.1 Å². The Morgan fingerprint density at radius 2 is 2.05 bits per heavy atom. The number of benzene rings is 1. The van der Waals surface area contributed by atoms with Crippen LogP contribution >= 0.6 is 11.8 Å². The molecule has 1 aromatic carbocycles. The van der Waals surface area contributed by atoms with E-state index in [0.717, 1.165) is 11.3 Å². The summed E-state index contributed by atoms with van der Waals surface area (Å²) in [6.45, 7) is 2.26. The van der Waals surface area contributed by atoms with Crippen LogP contribution in [0, 0.1) is 0 Å². The zero-order valence-corrected chi connectivity index (χ0v) is 12.4. The fraction of sp³-hybridized carbons (Fsp3) is 0.214. The summed E-state index contributed by atoms with van der Waals surface area (Å²) in [5, 5.41) is 5.37. The van der Waals surface area contributed by atoms with Gasteiger partial charge in [-0.3, -0.25) is 10.1 Å². The Labute approximate surface area is 126 Å². The Bertz CT molecular complexity index is 612. The van der Waals surface area contributed by atoms with Gasteiger partial charge in [0.15, 0.2) is 5.16 Å². The van der Waals surface area contributed by atoms with Crippen LogP contribution in [-0.4, -0.2) is 34.2 Å². The number of aromatic nitrogens is 2. The highest BCUT2D eigenvalue weighted by Gasteiger charge is 2.09. The Kier molecular flexibility index (Phi) is 5.39. The number of imidazole rings is 1. The summed E-state index contributed by atoms with van der Waals surface area (Å²) in [4.78, 5) is 30.1. The van der Waals surface area contributed by atoms with E-state index in [9.17, 15) is 9.59 Å². The molecular weight excluding hydrogens is 288 g/mol. The van der Waals surface area contributed by atoms with Gasteiger partial charge in [0.2, 0.25) is 5.91 Å². The maximum absolute atomic E-state index is 11.5. The highest BCUT2D eigenvalue weighted by Crippen LogP contribution is 2.20. The average molecular weight is 304 g/mol.